The molecular weight excluding hydrogens is 738 g/mol. The molecule has 0 amide bonds. The van der Waals surface area contributed by atoms with E-state index < -0.39 is 7.92 Å². The van der Waals surface area contributed by atoms with Crippen molar-refractivity contribution in [3.05, 3.63) is 147 Å². The Bertz CT molecular complexity index is 2080. The summed E-state index contributed by atoms with van der Waals surface area (Å²) < 4.78 is 0. The molecule has 1 spiro atoms. The van der Waals surface area contributed by atoms with Crippen molar-refractivity contribution in [3.8, 4) is 0 Å². The quantitative estimate of drug-likeness (QED) is 0.0823. The number of hydrogen-bond donors (Lipinski definition) is 1. The molecule has 2 atom stereocenters. The van der Waals surface area contributed by atoms with Crippen molar-refractivity contribution >= 4 is 30.3 Å². The van der Waals surface area contributed by atoms with Crippen molar-refractivity contribution < 1.29 is 0 Å². The second kappa shape index (κ2) is 15.5. The largest absolute Gasteiger partial charge is 0.300 e. The molecule has 0 fully saturated rings. The van der Waals surface area contributed by atoms with Crippen LogP contribution in [0.2, 0.25) is 0 Å². The van der Waals surface area contributed by atoms with E-state index in [2.05, 4.69) is 193 Å². The number of thioether (sulfide) groups is 1. The Hall–Kier alpha value is -2.90. The summed E-state index contributed by atoms with van der Waals surface area (Å²) in [6, 6.07) is 32.1. The number of aryl methyl sites for hydroxylation is 3. The zero-order valence-electron chi connectivity index (χ0n) is 38.5. The van der Waals surface area contributed by atoms with E-state index in [0.29, 0.717) is 0 Å². The lowest BCUT2D eigenvalue weighted by molar-refractivity contribution is 0.444. The van der Waals surface area contributed by atoms with Crippen LogP contribution in [-0.2, 0) is 33.5 Å². The highest BCUT2D eigenvalue weighted by Crippen LogP contribution is 2.65. The molecule has 0 heterocycles. The monoisotopic (exact) mass is 810 g/mol. The van der Waals surface area contributed by atoms with Gasteiger partial charge in [0.15, 0.2) is 0 Å². The van der Waals surface area contributed by atoms with Crippen molar-refractivity contribution in [3.63, 3.8) is 0 Å². The molecule has 0 saturated heterocycles. The van der Waals surface area contributed by atoms with Gasteiger partial charge in [0, 0.05) is 22.6 Å². The predicted molar refractivity (Wildman–Crippen MR) is 258 cm³/mol. The van der Waals surface area contributed by atoms with Crippen molar-refractivity contribution in [2.75, 3.05) is 12.3 Å². The maximum atomic E-state index is 4.58. The van der Waals surface area contributed by atoms with Crippen molar-refractivity contribution in [1.82, 2.24) is 5.32 Å². The van der Waals surface area contributed by atoms with Crippen LogP contribution in [0.25, 0.3) is 0 Å². The molecule has 308 valence electrons. The molecule has 1 nitrogen and oxygen atoms in total. The van der Waals surface area contributed by atoms with E-state index in [-0.39, 0.29) is 32.4 Å². The van der Waals surface area contributed by atoms with E-state index in [1.165, 1.54) is 68.1 Å². The fourth-order valence-electron chi connectivity index (χ4n) is 10.1. The first-order valence-electron chi connectivity index (χ1n) is 22.1. The molecule has 3 aliphatic carbocycles. The van der Waals surface area contributed by atoms with Gasteiger partial charge in [0.25, 0.3) is 0 Å². The van der Waals surface area contributed by atoms with Crippen molar-refractivity contribution in [1.29, 1.82) is 0 Å². The number of benzene rings is 4. The zero-order valence-corrected chi connectivity index (χ0v) is 40.2. The first kappa shape index (κ1) is 43.2. The van der Waals surface area contributed by atoms with Crippen molar-refractivity contribution in [2.45, 2.75) is 166 Å². The summed E-state index contributed by atoms with van der Waals surface area (Å²) in [7, 11) is -1.02. The second-order valence-corrected chi connectivity index (χ2v) is 25.6. The van der Waals surface area contributed by atoms with E-state index >= 15 is 0 Å². The minimum atomic E-state index is -1.02. The maximum Gasteiger partial charge on any atom is 0.0873 e. The lowest BCUT2D eigenvalue weighted by atomic mass is 9.71. The summed E-state index contributed by atoms with van der Waals surface area (Å²) >= 11 is 2.00. The summed E-state index contributed by atoms with van der Waals surface area (Å²) in [5.74, 6) is 1.01. The Balaban J connectivity index is 1.54. The first-order valence-corrected chi connectivity index (χ1v) is 24.4. The molecule has 0 saturated carbocycles. The standard InChI is InChI=1S/C55H72NPS/c1-37-28-38(2)30-47(29-37)58-27-26-56-55(23-17-19-40-22-25-54(49(40)55)24-21-39-18-15-16-20-48(39)54)57(45-33-41(50(3,4)5)31-42(34-45)51(6,7)8)46-35-43(52(9,10)11)32-44(36-46)53(12,13)14/h15-18,20,23,28-36,56H,19,21-22,24-27H2,1-14H3. The van der Waals surface area contributed by atoms with Crippen LogP contribution in [0.15, 0.2) is 107 Å². The van der Waals surface area contributed by atoms with E-state index in [0.717, 1.165) is 25.1 Å². The fraction of sp³-hybridized carbons (Fsp3) is 0.491. The van der Waals surface area contributed by atoms with Gasteiger partial charge in [0.05, 0.1) is 5.28 Å². The third-order valence-corrected chi connectivity index (χ3v) is 17.0. The molecular formula is C55H72NPS. The molecule has 4 aromatic rings. The van der Waals surface area contributed by atoms with Gasteiger partial charge in [-0.15, -0.1) is 11.8 Å². The first-order chi connectivity index (χ1) is 27.0. The average Bonchev–Trinajstić information content (AvgIpc) is 3.70. The number of allylic oxidation sites excluding steroid dienone is 2. The molecule has 2 unspecified atom stereocenters. The fourth-order valence-corrected chi connectivity index (χ4v) is 14.3. The van der Waals surface area contributed by atoms with Gasteiger partial charge in [0.2, 0.25) is 0 Å². The third-order valence-electron chi connectivity index (χ3n) is 13.3. The zero-order chi connectivity index (χ0) is 42.1. The Kier molecular flexibility index (Phi) is 11.6. The molecule has 4 aromatic carbocycles. The Morgan fingerprint density at radius 3 is 1.64 bits per heavy atom. The van der Waals surface area contributed by atoms with Gasteiger partial charge in [-0.1, -0.05) is 168 Å². The highest BCUT2D eigenvalue weighted by atomic mass is 32.2. The van der Waals surface area contributed by atoms with E-state index in [4.69, 9.17) is 0 Å². The van der Waals surface area contributed by atoms with E-state index in [1.54, 1.807) is 22.3 Å². The van der Waals surface area contributed by atoms with Gasteiger partial charge in [0.1, 0.15) is 0 Å². The summed E-state index contributed by atoms with van der Waals surface area (Å²) in [4.78, 5) is 1.37. The van der Waals surface area contributed by atoms with Crippen LogP contribution < -0.4 is 15.9 Å². The summed E-state index contributed by atoms with van der Waals surface area (Å²) in [5, 5.41) is 7.22. The van der Waals surface area contributed by atoms with Gasteiger partial charge in [-0.05, 0) is 148 Å². The SMILES string of the molecule is Cc1cc(C)cc(SCCNC2(P(c3cc(C(C)(C)C)cc(C(C)(C)C)c3)c3cc(C(C)(C)C)cc(C(C)(C)C)c3)C=CCC3=C2C2(CC3)CCc3ccccc32)c1. The lowest BCUT2D eigenvalue weighted by Gasteiger charge is -2.50. The molecule has 0 radical (unpaired) electrons. The molecule has 3 heteroatoms. The molecule has 3 aliphatic rings. The number of rotatable bonds is 8. The Morgan fingerprint density at radius 1 is 0.621 bits per heavy atom. The highest BCUT2D eigenvalue weighted by Gasteiger charge is 2.57. The maximum absolute atomic E-state index is 4.58. The molecule has 7 rings (SSSR count). The van der Waals surface area contributed by atoms with Gasteiger partial charge in [-0.2, -0.15) is 0 Å². The van der Waals surface area contributed by atoms with Crippen LogP contribution in [0.3, 0.4) is 0 Å². The van der Waals surface area contributed by atoms with Crippen LogP contribution >= 0.6 is 19.7 Å². The molecule has 1 N–H and O–H groups in total. The van der Waals surface area contributed by atoms with E-state index in [9.17, 15) is 0 Å². The van der Waals surface area contributed by atoms with Crippen LogP contribution in [0.5, 0.6) is 0 Å². The molecule has 58 heavy (non-hydrogen) atoms. The second-order valence-electron chi connectivity index (χ2n) is 22.1. The smallest absolute Gasteiger partial charge is 0.0873 e. The normalized spacial score (nSPS) is 21.0. The van der Waals surface area contributed by atoms with Gasteiger partial charge in [-0.3, -0.25) is 5.32 Å². The minimum absolute atomic E-state index is 0.00975. The Labute approximate surface area is 359 Å². The van der Waals surface area contributed by atoms with Gasteiger partial charge < -0.3 is 0 Å². The molecule has 0 aromatic heterocycles. The van der Waals surface area contributed by atoms with Crippen LogP contribution in [0.1, 0.15) is 153 Å². The number of nitrogens with one attached hydrogen (secondary N) is 1. The predicted octanol–water partition coefficient (Wildman–Crippen LogP) is 13.9. The third kappa shape index (κ3) is 8.39. The topological polar surface area (TPSA) is 12.0 Å². The summed E-state index contributed by atoms with van der Waals surface area (Å²) in [6.07, 6.45) is 11.1. The van der Waals surface area contributed by atoms with Crippen LogP contribution in [0.4, 0.5) is 0 Å². The number of hydrogen-bond acceptors (Lipinski definition) is 2. The summed E-state index contributed by atoms with van der Waals surface area (Å²) in [5.41, 5.74) is 15.1. The minimum Gasteiger partial charge on any atom is -0.300 e. The lowest BCUT2D eigenvalue weighted by Crippen LogP contribution is -2.53. The molecule has 0 aliphatic heterocycles. The summed E-state index contributed by atoms with van der Waals surface area (Å²) in [6.45, 7) is 34.2. The van der Waals surface area contributed by atoms with Crippen molar-refractivity contribution in [2.24, 2.45) is 0 Å². The van der Waals surface area contributed by atoms with Crippen LogP contribution in [-0.4, -0.2) is 17.6 Å². The van der Waals surface area contributed by atoms with Crippen LogP contribution in [0, 0.1) is 13.8 Å². The molecule has 0 bridgehead atoms. The van der Waals surface area contributed by atoms with Gasteiger partial charge in [-0.25, -0.2) is 0 Å². The van der Waals surface area contributed by atoms with E-state index in [1.807, 2.05) is 11.8 Å². The highest BCUT2D eigenvalue weighted by molar-refractivity contribution is 7.99. The Morgan fingerprint density at radius 2 is 1.12 bits per heavy atom. The number of fused-ring (bicyclic) bond motifs is 3. The average molecular weight is 810 g/mol. The van der Waals surface area contributed by atoms with Gasteiger partial charge >= 0.3 is 0 Å².